The van der Waals surface area contributed by atoms with Crippen molar-refractivity contribution in [3.8, 4) is 28.4 Å². The average molecular weight is 588 g/mol. The zero-order valence-electron chi connectivity index (χ0n) is 21.9. The van der Waals surface area contributed by atoms with Gasteiger partial charge in [-0.1, -0.05) is 47.5 Å². The van der Waals surface area contributed by atoms with Crippen molar-refractivity contribution in [3.05, 3.63) is 112 Å². The summed E-state index contributed by atoms with van der Waals surface area (Å²) in [7, 11) is 2.98. The number of aromatic nitrogens is 1. The van der Waals surface area contributed by atoms with Gasteiger partial charge >= 0.3 is 5.97 Å². The highest BCUT2D eigenvalue weighted by Crippen LogP contribution is 2.37. The molecule has 0 saturated carbocycles. The third-order valence-corrected chi connectivity index (χ3v) is 6.77. The maximum Gasteiger partial charge on any atom is 0.343 e. The summed E-state index contributed by atoms with van der Waals surface area (Å²) in [6.07, 6.45) is 1.45. The van der Waals surface area contributed by atoms with E-state index in [1.165, 1.54) is 20.4 Å². The summed E-state index contributed by atoms with van der Waals surface area (Å²) in [4.78, 5) is 29.0. The predicted molar refractivity (Wildman–Crippen MR) is 160 cm³/mol. The van der Waals surface area contributed by atoms with E-state index < -0.39 is 11.9 Å². The van der Waals surface area contributed by atoms with Crippen molar-refractivity contribution in [2.75, 3.05) is 14.2 Å². The van der Waals surface area contributed by atoms with Crippen LogP contribution in [0.1, 0.15) is 26.4 Å². The van der Waals surface area contributed by atoms with Crippen LogP contribution in [0.15, 0.2) is 90.0 Å². The number of ether oxygens (including phenoxy) is 3. The summed E-state index contributed by atoms with van der Waals surface area (Å²) in [5.74, 6) is 0.0343. The molecule has 41 heavy (non-hydrogen) atoms. The maximum atomic E-state index is 13.3. The first-order valence-electron chi connectivity index (χ1n) is 12.3. The van der Waals surface area contributed by atoms with Gasteiger partial charge in [0.1, 0.15) is 11.4 Å². The largest absolute Gasteiger partial charge is 0.497 e. The molecule has 0 radical (unpaired) electrons. The lowest BCUT2D eigenvalue weighted by atomic mass is 10.0. The van der Waals surface area contributed by atoms with Crippen molar-refractivity contribution in [2.45, 2.75) is 0 Å². The molecule has 0 aliphatic heterocycles. The molecule has 5 aromatic rings. The summed E-state index contributed by atoms with van der Waals surface area (Å²) < 4.78 is 16.1. The van der Waals surface area contributed by atoms with E-state index in [0.717, 1.165) is 10.9 Å². The molecule has 0 atom stereocenters. The van der Waals surface area contributed by atoms with Crippen LogP contribution in [0.2, 0.25) is 10.0 Å². The number of hydrogen-bond donors (Lipinski definition) is 2. The molecule has 0 aliphatic rings. The number of fused-ring (bicyclic) bond motifs is 1. The van der Waals surface area contributed by atoms with E-state index in [1.807, 2.05) is 18.2 Å². The van der Waals surface area contributed by atoms with E-state index in [2.05, 4.69) is 15.5 Å². The number of rotatable bonds is 8. The Morgan fingerprint density at radius 1 is 0.878 bits per heavy atom. The number of nitrogens with one attached hydrogen (secondary N) is 2. The summed E-state index contributed by atoms with van der Waals surface area (Å²) in [6, 6.07) is 24.1. The highest BCUT2D eigenvalue weighted by Gasteiger charge is 2.21. The second-order valence-electron chi connectivity index (χ2n) is 8.78. The van der Waals surface area contributed by atoms with E-state index in [-0.39, 0.29) is 11.4 Å². The fraction of sp³-hybridized carbons (Fsp3) is 0.0645. The normalized spacial score (nSPS) is 11.0. The van der Waals surface area contributed by atoms with E-state index in [4.69, 9.17) is 37.4 Å². The Hall–Kier alpha value is -4.79. The first-order chi connectivity index (χ1) is 19.9. The number of halogens is 2. The number of benzene rings is 4. The highest BCUT2D eigenvalue weighted by molar-refractivity contribution is 6.34. The minimum Gasteiger partial charge on any atom is -0.497 e. The number of carbonyl (C=O) groups excluding carboxylic acids is 2. The van der Waals surface area contributed by atoms with E-state index >= 15 is 0 Å². The van der Waals surface area contributed by atoms with E-state index in [0.29, 0.717) is 43.8 Å². The number of hydrogen-bond acceptors (Lipinski definition) is 6. The molecule has 5 rings (SSSR count). The average Bonchev–Trinajstić information content (AvgIpc) is 3.36. The molecule has 8 nitrogen and oxygen atoms in total. The van der Waals surface area contributed by atoms with Crippen molar-refractivity contribution >= 4 is 52.2 Å². The number of aromatic amines is 1. The fourth-order valence-electron chi connectivity index (χ4n) is 4.26. The number of carbonyl (C=O) groups is 2. The van der Waals surface area contributed by atoms with Crippen LogP contribution in [-0.2, 0) is 0 Å². The summed E-state index contributed by atoms with van der Waals surface area (Å²) >= 11 is 12.7. The zero-order chi connectivity index (χ0) is 28.9. The van der Waals surface area contributed by atoms with Gasteiger partial charge in [-0.2, -0.15) is 5.10 Å². The second kappa shape index (κ2) is 12.2. The number of hydrazone groups is 1. The molecule has 4 aromatic carbocycles. The van der Waals surface area contributed by atoms with Gasteiger partial charge in [-0.3, -0.25) is 4.79 Å². The molecule has 0 unspecified atom stereocenters. The standard InChI is InChI=1S/C31H23Cl2N3O5/c1-39-21-7-5-6-19(15-21)31(38)41-26-13-10-18(14-27(26)40-2)17-34-36-30(37)29-28(22-8-3-4-9-24(22)33)23-16-20(32)11-12-25(23)35-29/h3-17,35H,1-2H3,(H,36,37). The van der Waals surface area contributed by atoms with Gasteiger partial charge in [0, 0.05) is 32.1 Å². The predicted octanol–water partition coefficient (Wildman–Crippen LogP) is 7.14. The Labute approximate surface area is 245 Å². The van der Waals surface area contributed by atoms with Crippen LogP contribution in [0.4, 0.5) is 0 Å². The fourth-order valence-corrected chi connectivity index (χ4v) is 4.66. The molecular formula is C31H23Cl2N3O5. The van der Waals surface area contributed by atoms with Gasteiger partial charge in [0.2, 0.25) is 0 Å². The summed E-state index contributed by atoms with van der Waals surface area (Å²) in [5.41, 5.74) is 5.78. The Kier molecular flexibility index (Phi) is 8.24. The lowest BCUT2D eigenvalue weighted by Gasteiger charge is -2.10. The molecule has 2 N–H and O–H groups in total. The molecule has 1 aromatic heterocycles. The van der Waals surface area contributed by atoms with Gasteiger partial charge < -0.3 is 19.2 Å². The molecule has 0 fully saturated rings. The molecule has 0 aliphatic carbocycles. The Bertz CT molecular complexity index is 1800. The molecule has 10 heteroatoms. The van der Waals surface area contributed by atoms with Crippen molar-refractivity contribution < 1.29 is 23.8 Å². The highest BCUT2D eigenvalue weighted by atomic mass is 35.5. The van der Waals surface area contributed by atoms with Crippen LogP contribution < -0.4 is 19.6 Å². The molecule has 206 valence electrons. The van der Waals surface area contributed by atoms with Crippen molar-refractivity contribution in [2.24, 2.45) is 5.10 Å². The van der Waals surface area contributed by atoms with Crippen molar-refractivity contribution in [3.63, 3.8) is 0 Å². The first-order valence-corrected chi connectivity index (χ1v) is 13.1. The number of H-pyrrole nitrogens is 1. The molecule has 0 bridgehead atoms. The number of nitrogens with zero attached hydrogens (tertiary/aromatic N) is 1. The van der Waals surface area contributed by atoms with Gasteiger partial charge in [0.25, 0.3) is 5.91 Å². The minimum absolute atomic E-state index is 0.225. The topological polar surface area (TPSA) is 102 Å². The quantitative estimate of drug-likeness (QED) is 0.0869. The first kappa shape index (κ1) is 27.8. The molecule has 0 saturated heterocycles. The van der Waals surface area contributed by atoms with Crippen LogP contribution in [0.3, 0.4) is 0 Å². The van der Waals surface area contributed by atoms with Crippen LogP contribution in [-0.4, -0.2) is 37.3 Å². The zero-order valence-corrected chi connectivity index (χ0v) is 23.4. The van der Waals surface area contributed by atoms with Gasteiger partial charge in [-0.15, -0.1) is 0 Å². The molecule has 0 spiro atoms. The van der Waals surface area contributed by atoms with Crippen molar-refractivity contribution in [1.29, 1.82) is 0 Å². The monoisotopic (exact) mass is 587 g/mol. The van der Waals surface area contributed by atoms with Crippen LogP contribution in [0, 0.1) is 0 Å². The van der Waals surface area contributed by atoms with Gasteiger partial charge in [-0.25, -0.2) is 10.2 Å². The van der Waals surface area contributed by atoms with Crippen LogP contribution in [0.25, 0.3) is 22.0 Å². The third-order valence-electron chi connectivity index (χ3n) is 6.21. The smallest absolute Gasteiger partial charge is 0.343 e. The summed E-state index contributed by atoms with van der Waals surface area (Å²) in [6.45, 7) is 0. The number of methoxy groups -OCH3 is 2. The van der Waals surface area contributed by atoms with Crippen LogP contribution in [0.5, 0.6) is 17.2 Å². The molecule has 1 heterocycles. The number of amides is 1. The van der Waals surface area contributed by atoms with Crippen molar-refractivity contribution in [1.82, 2.24) is 10.4 Å². The SMILES string of the molecule is COc1cccc(C(=O)Oc2ccc(C=NNC(=O)c3[nH]c4ccc(Cl)cc4c3-c3ccccc3Cl)cc2OC)c1. The Balaban J connectivity index is 1.36. The van der Waals surface area contributed by atoms with Crippen LogP contribution >= 0.6 is 23.2 Å². The Morgan fingerprint density at radius 2 is 1.71 bits per heavy atom. The molecule has 1 amide bonds. The lowest BCUT2D eigenvalue weighted by molar-refractivity contribution is 0.0729. The minimum atomic E-state index is -0.565. The number of esters is 1. The van der Waals surface area contributed by atoms with E-state index in [9.17, 15) is 9.59 Å². The molecular weight excluding hydrogens is 565 g/mol. The summed E-state index contributed by atoms with van der Waals surface area (Å²) in [5, 5.41) is 5.89. The maximum absolute atomic E-state index is 13.3. The second-order valence-corrected chi connectivity index (χ2v) is 9.62. The van der Waals surface area contributed by atoms with Gasteiger partial charge in [0.15, 0.2) is 11.5 Å². The third kappa shape index (κ3) is 6.04. The van der Waals surface area contributed by atoms with E-state index in [1.54, 1.807) is 66.7 Å². The Morgan fingerprint density at radius 3 is 2.49 bits per heavy atom. The van der Waals surface area contributed by atoms with Gasteiger partial charge in [0.05, 0.1) is 26.0 Å². The van der Waals surface area contributed by atoms with Gasteiger partial charge in [-0.05, 0) is 66.2 Å². The lowest BCUT2D eigenvalue weighted by Crippen LogP contribution is -2.19.